The van der Waals surface area contributed by atoms with Crippen molar-refractivity contribution in [3.63, 3.8) is 0 Å². The summed E-state index contributed by atoms with van der Waals surface area (Å²) in [5.41, 5.74) is 0.0606. The first-order valence-electron chi connectivity index (χ1n) is 8.67. The first kappa shape index (κ1) is 17.4. The Morgan fingerprint density at radius 3 is 2.52 bits per heavy atom. The van der Waals surface area contributed by atoms with Gasteiger partial charge in [-0.15, -0.1) is 0 Å². The van der Waals surface area contributed by atoms with Gasteiger partial charge in [-0.1, -0.05) is 18.0 Å². The van der Waals surface area contributed by atoms with Gasteiger partial charge in [-0.2, -0.15) is 10.1 Å². The fourth-order valence-corrected chi connectivity index (χ4v) is 3.34. The number of carbonyl (C=O) groups is 1. The maximum Gasteiger partial charge on any atom is 0.321 e. The summed E-state index contributed by atoms with van der Waals surface area (Å²) in [6.07, 6.45) is 3.65. The van der Waals surface area contributed by atoms with Gasteiger partial charge in [-0.25, -0.2) is 9.48 Å². The van der Waals surface area contributed by atoms with Crippen molar-refractivity contribution in [2.75, 3.05) is 5.32 Å². The quantitative estimate of drug-likeness (QED) is 0.889. The number of aromatic nitrogens is 4. The molecule has 1 fully saturated rings. The van der Waals surface area contributed by atoms with Crippen LogP contribution in [-0.4, -0.2) is 26.0 Å². The maximum atomic E-state index is 12.7. The molecule has 1 saturated carbocycles. The van der Waals surface area contributed by atoms with E-state index >= 15 is 0 Å². The summed E-state index contributed by atoms with van der Waals surface area (Å²) in [6.45, 7) is 9.80. The second kappa shape index (κ2) is 6.16. The van der Waals surface area contributed by atoms with Crippen molar-refractivity contribution in [1.29, 1.82) is 0 Å². The molecule has 0 radical (unpaired) electrons. The van der Waals surface area contributed by atoms with E-state index in [4.69, 9.17) is 4.52 Å². The summed E-state index contributed by atoms with van der Waals surface area (Å²) in [6, 6.07) is 1.58. The number of hydrogen-bond donors (Lipinski definition) is 2. The van der Waals surface area contributed by atoms with Crippen LogP contribution in [0, 0.1) is 13.8 Å². The number of amides is 2. The van der Waals surface area contributed by atoms with Crippen molar-refractivity contribution in [2.45, 2.75) is 71.4 Å². The van der Waals surface area contributed by atoms with Crippen molar-refractivity contribution in [3.8, 4) is 0 Å². The zero-order valence-electron chi connectivity index (χ0n) is 15.5. The second-order valence-electron chi connectivity index (χ2n) is 7.76. The molecule has 2 N–H and O–H groups in total. The molecule has 0 atom stereocenters. The summed E-state index contributed by atoms with van der Waals surface area (Å²) in [5.74, 6) is 1.73. The normalized spacial score (nSPS) is 16.8. The van der Waals surface area contributed by atoms with Crippen LogP contribution < -0.4 is 10.6 Å². The van der Waals surface area contributed by atoms with E-state index in [1.807, 2.05) is 38.4 Å². The van der Waals surface area contributed by atoms with Crippen LogP contribution in [-0.2, 0) is 11.1 Å². The van der Waals surface area contributed by atoms with Gasteiger partial charge in [0.05, 0.1) is 11.2 Å². The van der Waals surface area contributed by atoms with E-state index in [9.17, 15) is 4.79 Å². The van der Waals surface area contributed by atoms with Crippen LogP contribution in [0.2, 0.25) is 0 Å². The van der Waals surface area contributed by atoms with Crippen LogP contribution in [0.1, 0.15) is 63.9 Å². The number of rotatable bonds is 3. The first-order chi connectivity index (χ1) is 11.7. The number of hydrogen-bond acceptors (Lipinski definition) is 5. The number of anilines is 1. The summed E-state index contributed by atoms with van der Waals surface area (Å²) in [7, 11) is 0. The van der Waals surface area contributed by atoms with Gasteiger partial charge in [0.2, 0.25) is 5.89 Å². The highest BCUT2D eigenvalue weighted by atomic mass is 16.5. The molecule has 8 heteroatoms. The zero-order valence-corrected chi connectivity index (χ0v) is 15.5. The molecule has 2 aromatic rings. The molecule has 0 aliphatic heterocycles. The van der Waals surface area contributed by atoms with E-state index in [2.05, 4.69) is 25.9 Å². The second-order valence-corrected chi connectivity index (χ2v) is 7.76. The minimum atomic E-state index is -0.566. The summed E-state index contributed by atoms with van der Waals surface area (Å²) >= 11 is 0. The van der Waals surface area contributed by atoms with E-state index in [-0.39, 0.29) is 11.6 Å². The van der Waals surface area contributed by atoms with E-state index in [0.29, 0.717) is 17.5 Å². The highest BCUT2D eigenvalue weighted by Crippen LogP contribution is 2.37. The van der Waals surface area contributed by atoms with Gasteiger partial charge in [0, 0.05) is 13.0 Å². The molecule has 2 heterocycles. The predicted molar refractivity (Wildman–Crippen MR) is 93.3 cm³/mol. The van der Waals surface area contributed by atoms with E-state index < -0.39 is 5.54 Å². The summed E-state index contributed by atoms with van der Waals surface area (Å²) < 4.78 is 6.94. The lowest BCUT2D eigenvalue weighted by molar-refractivity contribution is 0.231. The molecule has 1 aliphatic carbocycles. The Morgan fingerprint density at radius 1 is 1.28 bits per heavy atom. The molecule has 0 spiro atoms. The van der Waals surface area contributed by atoms with Gasteiger partial charge in [-0.3, -0.25) is 5.32 Å². The van der Waals surface area contributed by atoms with Crippen molar-refractivity contribution in [3.05, 3.63) is 23.5 Å². The molecule has 2 aromatic heterocycles. The van der Waals surface area contributed by atoms with Crippen molar-refractivity contribution in [2.24, 2.45) is 0 Å². The van der Waals surface area contributed by atoms with E-state index in [1.165, 1.54) is 0 Å². The molecular weight excluding hydrogens is 320 g/mol. The molecule has 1 aliphatic rings. The van der Waals surface area contributed by atoms with Gasteiger partial charge in [0.25, 0.3) is 0 Å². The number of nitrogens with one attached hydrogen (secondary N) is 2. The van der Waals surface area contributed by atoms with Crippen molar-refractivity contribution >= 4 is 11.8 Å². The lowest BCUT2D eigenvalue weighted by Gasteiger charge is -2.27. The molecule has 0 saturated heterocycles. The average Bonchev–Trinajstić information content (AvgIpc) is 3.19. The van der Waals surface area contributed by atoms with Crippen LogP contribution >= 0.6 is 0 Å². The Bertz CT molecular complexity index is 764. The largest absolute Gasteiger partial charge is 0.340 e. The summed E-state index contributed by atoms with van der Waals surface area (Å²) in [5, 5.41) is 14.5. The molecule has 3 rings (SSSR count). The highest BCUT2D eigenvalue weighted by molar-refractivity contribution is 5.89. The molecule has 0 unspecified atom stereocenters. The van der Waals surface area contributed by atoms with Crippen LogP contribution in [0.5, 0.6) is 0 Å². The first-order valence-corrected chi connectivity index (χ1v) is 8.67. The fourth-order valence-electron chi connectivity index (χ4n) is 3.34. The highest BCUT2D eigenvalue weighted by Gasteiger charge is 2.41. The molecule has 0 bridgehead atoms. The molecule has 8 nitrogen and oxygen atoms in total. The van der Waals surface area contributed by atoms with Crippen LogP contribution in [0.4, 0.5) is 10.6 Å². The lowest BCUT2D eigenvalue weighted by atomic mass is 9.97. The minimum absolute atomic E-state index is 0.229. The van der Waals surface area contributed by atoms with Crippen LogP contribution in [0.25, 0.3) is 0 Å². The number of aryl methyl sites for hydroxylation is 2. The third kappa shape index (κ3) is 3.52. The van der Waals surface area contributed by atoms with Crippen molar-refractivity contribution < 1.29 is 9.32 Å². The van der Waals surface area contributed by atoms with Gasteiger partial charge in [0.15, 0.2) is 5.82 Å². The van der Waals surface area contributed by atoms with Gasteiger partial charge in [-0.05, 0) is 40.5 Å². The summed E-state index contributed by atoms with van der Waals surface area (Å²) in [4.78, 5) is 17.0. The molecule has 136 valence electrons. The smallest absolute Gasteiger partial charge is 0.321 e. The van der Waals surface area contributed by atoms with Gasteiger partial charge < -0.3 is 9.84 Å². The Balaban J connectivity index is 1.80. The Hall–Kier alpha value is -2.38. The van der Waals surface area contributed by atoms with Gasteiger partial charge >= 0.3 is 6.03 Å². The number of nitrogens with zero attached hydrogens (tertiary/aromatic N) is 4. The third-order valence-electron chi connectivity index (χ3n) is 4.47. The standard InChI is InChI=1S/C17H26N6O2/c1-11-10-13(23(21-11)16(3,4)5)19-15(24)20-17(8-6-7-9-17)14-18-12(2)25-22-14/h10H,6-9H2,1-5H3,(H2,19,20,24). The van der Waals surface area contributed by atoms with E-state index in [0.717, 1.165) is 31.4 Å². The number of carbonyl (C=O) groups excluding carboxylic acids is 1. The zero-order chi connectivity index (χ0) is 18.2. The predicted octanol–water partition coefficient (Wildman–Crippen LogP) is 3.23. The molecule has 2 amide bonds. The third-order valence-corrected chi connectivity index (χ3v) is 4.47. The van der Waals surface area contributed by atoms with Crippen molar-refractivity contribution in [1.82, 2.24) is 25.2 Å². The van der Waals surface area contributed by atoms with Crippen LogP contribution in [0.15, 0.2) is 10.6 Å². The number of urea groups is 1. The lowest BCUT2D eigenvalue weighted by Crippen LogP contribution is -2.47. The average molecular weight is 346 g/mol. The Morgan fingerprint density at radius 2 is 1.96 bits per heavy atom. The minimum Gasteiger partial charge on any atom is -0.340 e. The topological polar surface area (TPSA) is 97.9 Å². The maximum absolute atomic E-state index is 12.7. The van der Waals surface area contributed by atoms with E-state index in [1.54, 1.807) is 6.92 Å². The Kier molecular flexibility index (Phi) is 4.30. The molecule has 25 heavy (non-hydrogen) atoms. The van der Waals surface area contributed by atoms with Gasteiger partial charge in [0.1, 0.15) is 11.4 Å². The SMILES string of the molecule is Cc1cc(NC(=O)NC2(c3noc(C)n3)CCCC2)n(C(C)(C)C)n1. The molecule has 0 aromatic carbocycles. The fraction of sp³-hybridized carbons (Fsp3) is 0.647. The van der Waals surface area contributed by atoms with Crippen LogP contribution in [0.3, 0.4) is 0 Å². The monoisotopic (exact) mass is 346 g/mol. The Labute approximate surface area is 147 Å². The molecular formula is C17H26N6O2.